The van der Waals surface area contributed by atoms with Gasteiger partial charge in [-0.3, -0.25) is 0 Å². The molecule has 1 fully saturated rings. The van der Waals surface area contributed by atoms with Crippen molar-refractivity contribution in [2.45, 2.75) is 38.1 Å². The van der Waals surface area contributed by atoms with E-state index >= 15 is 0 Å². The van der Waals surface area contributed by atoms with Crippen LogP contribution in [-0.4, -0.2) is 35.8 Å². The fourth-order valence-corrected chi connectivity index (χ4v) is 2.61. The van der Waals surface area contributed by atoms with Crippen LogP contribution in [0.3, 0.4) is 0 Å². The first-order valence-corrected chi connectivity index (χ1v) is 6.56. The Labute approximate surface area is 102 Å². The van der Waals surface area contributed by atoms with Gasteiger partial charge >= 0.3 is 0 Å². The summed E-state index contributed by atoms with van der Waals surface area (Å²) < 4.78 is 5.47. The minimum atomic E-state index is 0.579. The van der Waals surface area contributed by atoms with Crippen molar-refractivity contribution in [3.63, 3.8) is 0 Å². The molecular weight excluding hydrogens is 214 g/mol. The van der Waals surface area contributed by atoms with Gasteiger partial charge in [0.05, 0.1) is 13.2 Å². The predicted molar refractivity (Wildman–Crippen MR) is 65.0 cm³/mol. The lowest BCUT2D eigenvalue weighted by molar-refractivity contribution is 0.146. The number of hydrogen-bond donors (Lipinski definition) is 1. The van der Waals surface area contributed by atoms with Crippen LogP contribution in [0.2, 0.25) is 0 Å². The van der Waals surface area contributed by atoms with Crippen LogP contribution in [0.4, 0.5) is 0 Å². The van der Waals surface area contributed by atoms with Gasteiger partial charge in [-0.1, -0.05) is 0 Å². The van der Waals surface area contributed by atoms with Crippen molar-refractivity contribution in [3.05, 3.63) is 23.3 Å². The van der Waals surface area contributed by atoms with Crippen molar-refractivity contribution >= 4 is 0 Å². The van der Waals surface area contributed by atoms with Crippen molar-refractivity contribution in [1.82, 2.24) is 15.3 Å². The summed E-state index contributed by atoms with van der Waals surface area (Å²) in [7, 11) is 0. The van der Waals surface area contributed by atoms with Crippen LogP contribution in [-0.2, 0) is 24.0 Å². The topological polar surface area (TPSA) is 47.0 Å². The Bertz CT molecular complexity index is 388. The second kappa shape index (κ2) is 5.10. The highest BCUT2D eigenvalue weighted by Crippen LogP contribution is 2.14. The summed E-state index contributed by atoms with van der Waals surface area (Å²) in [6, 6.07) is 0.579. The standard InChI is InChI=1S/C13H19N3O/c1-2-11(14-5-1)8-13-15-9-10-3-6-17-7-4-12(10)16-13/h9,11,14H,1-8H2. The highest BCUT2D eigenvalue weighted by molar-refractivity contribution is 5.19. The molecule has 92 valence electrons. The van der Waals surface area contributed by atoms with Crippen molar-refractivity contribution in [2.75, 3.05) is 19.8 Å². The zero-order valence-corrected chi connectivity index (χ0v) is 10.1. The van der Waals surface area contributed by atoms with E-state index in [4.69, 9.17) is 9.72 Å². The maximum Gasteiger partial charge on any atom is 0.130 e. The second-order valence-corrected chi connectivity index (χ2v) is 4.87. The summed E-state index contributed by atoms with van der Waals surface area (Å²) in [6.07, 6.45) is 7.39. The van der Waals surface area contributed by atoms with Crippen molar-refractivity contribution in [3.8, 4) is 0 Å². The van der Waals surface area contributed by atoms with Gasteiger partial charge in [-0.25, -0.2) is 9.97 Å². The van der Waals surface area contributed by atoms with Crippen LogP contribution in [0, 0.1) is 0 Å². The van der Waals surface area contributed by atoms with Crippen molar-refractivity contribution in [1.29, 1.82) is 0 Å². The van der Waals surface area contributed by atoms with Crippen LogP contribution in [0.25, 0.3) is 0 Å². The van der Waals surface area contributed by atoms with Gasteiger partial charge < -0.3 is 10.1 Å². The molecule has 1 unspecified atom stereocenters. The van der Waals surface area contributed by atoms with Gasteiger partial charge in [-0.2, -0.15) is 0 Å². The summed E-state index contributed by atoms with van der Waals surface area (Å²) in [5.74, 6) is 0.991. The van der Waals surface area contributed by atoms with Gasteiger partial charge in [0.1, 0.15) is 5.82 Å². The predicted octanol–water partition coefficient (Wildman–Crippen LogP) is 0.886. The third-order valence-corrected chi connectivity index (χ3v) is 3.59. The van der Waals surface area contributed by atoms with Gasteiger partial charge in [0, 0.05) is 30.8 Å². The third-order valence-electron chi connectivity index (χ3n) is 3.59. The lowest BCUT2D eigenvalue weighted by Gasteiger charge is -2.10. The average Bonchev–Trinajstić information content (AvgIpc) is 2.73. The van der Waals surface area contributed by atoms with E-state index in [-0.39, 0.29) is 0 Å². The molecule has 0 spiro atoms. The zero-order chi connectivity index (χ0) is 11.5. The highest BCUT2D eigenvalue weighted by Gasteiger charge is 2.17. The third kappa shape index (κ3) is 2.64. The highest BCUT2D eigenvalue weighted by atomic mass is 16.5. The number of nitrogens with zero attached hydrogens (tertiary/aromatic N) is 2. The van der Waals surface area contributed by atoms with E-state index < -0.39 is 0 Å². The van der Waals surface area contributed by atoms with Crippen molar-refractivity contribution < 1.29 is 4.74 Å². The molecule has 0 aromatic carbocycles. The minimum Gasteiger partial charge on any atom is -0.381 e. The van der Waals surface area contributed by atoms with Gasteiger partial charge in [-0.05, 0) is 31.4 Å². The maximum absolute atomic E-state index is 5.47. The molecule has 17 heavy (non-hydrogen) atoms. The number of aromatic nitrogens is 2. The normalized spacial score (nSPS) is 24.4. The molecule has 2 aliphatic rings. The summed E-state index contributed by atoms with van der Waals surface area (Å²) in [5, 5.41) is 3.49. The van der Waals surface area contributed by atoms with Crippen LogP contribution in [0.15, 0.2) is 6.20 Å². The van der Waals surface area contributed by atoms with E-state index in [0.29, 0.717) is 6.04 Å². The molecule has 3 rings (SSSR count). The molecule has 0 radical (unpaired) electrons. The largest absolute Gasteiger partial charge is 0.381 e. The number of hydrogen-bond acceptors (Lipinski definition) is 4. The molecule has 1 N–H and O–H groups in total. The summed E-state index contributed by atoms with van der Waals surface area (Å²) in [4.78, 5) is 9.20. The summed E-state index contributed by atoms with van der Waals surface area (Å²) in [6.45, 7) is 2.74. The first-order chi connectivity index (χ1) is 8.42. The zero-order valence-electron chi connectivity index (χ0n) is 10.1. The molecular formula is C13H19N3O. The van der Waals surface area contributed by atoms with Crippen molar-refractivity contribution in [2.24, 2.45) is 0 Å². The molecule has 0 amide bonds. The smallest absolute Gasteiger partial charge is 0.130 e. The molecule has 4 heteroatoms. The van der Waals surface area contributed by atoms with E-state index in [2.05, 4.69) is 10.3 Å². The Morgan fingerprint density at radius 1 is 1.35 bits per heavy atom. The Morgan fingerprint density at radius 3 is 3.18 bits per heavy atom. The Balaban J connectivity index is 1.74. The molecule has 2 aliphatic heterocycles. The molecule has 0 aliphatic carbocycles. The molecule has 1 aromatic rings. The van der Waals surface area contributed by atoms with Crippen LogP contribution >= 0.6 is 0 Å². The number of ether oxygens (including phenoxy) is 1. The van der Waals surface area contributed by atoms with Crippen LogP contribution < -0.4 is 5.32 Å². The van der Waals surface area contributed by atoms with Crippen LogP contribution in [0.1, 0.15) is 29.9 Å². The van der Waals surface area contributed by atoms with Gasteiger partial charge in [0.25, 0.3) is 0 Å². The fraction of sp³-hybridized carbons (Fsp3) is 0.692. The first kappa shape index (κ1) is 11.1. The van der Waals surface area contributed by atoms with Crippen LogP contribution in [0.5, 0.6) is 0 Å². The van der Waals surface area contributed by atoms with E-state index in [0.717, 1.165) is 44.8 Å². The lowest BCUT2D eigenvalue weighted by atomic mass is 10.1. The molecule has 1 aromatic heterocycles. The molecule has 0 bridgehead atoms. The van der Waals surface area contributed by atoms with Gasteiger partial charge in [0.2, 0.25) is 0 Å². The minimum absolute atomic E-state index is 0.579. The number of rotatable bonds is 2. The maximum atomic E-state index is 5.47. The average molecular weight is 233 g/mol. The quantitative estimate of drug-likeness (QED) is 0.824. The van der Waals surface area contributed by atoms with E-state index in [1.165, 1.54) is 24.1 Å². The van der Waals surface area contributed by atoms with E-state index in [9.17, 15) is 0 Å². The Morgan fingerprint density at radius 2 is 2.29 bits per heavy atom. The Kier molecular flexibility index (Phi) is 3.34. The van der Waals surface area contributed by atoms with E-state index in [1.54, 1.807) is 0 Å². The second-order valence-electron chi connectivity index (χ2n) is 4.87. The summed E-state index contributed by atoms with van der Waals surface area (Å²) in [5.41, 5.74) is 2.47. The molecule has 3 heterocycles. The number of fused-ring (bicyclic) bond motifs is 1. The molecule has 0 saturated carbocycles. The summed E-state index contributed by atoms with van der Waals surface area (Å²) >= 11 is 0. The monoisotopic (exact) mass is 233 g/mol. The Hall–Kier alpha value is -1.00. The fourth-order valence-electron chi connectivity index (χ4n) is 2.61. The van der Waals surface area contributed by atoms with Gasteiger partial charge in [-0.15, -0.1) is 0 Å². The molecule has 1 saturated heterocycles. The SMILES string of the molecule is c1nc(CC2CCCN2)nc2c1CCOCC2. The lowest BCUT2D eigenvalue weighted by Crippen LogP contribution is -2.25. The number of nitrogens with one attached hydrogen (secondary N) is 1. The van der Waals surface area contributed by atoms with Gasteiger partial charge in [0.15, 0.2) is 0 Å². The first-order valence-electron chi connectivity index (χ1n) is 6.56. The molecule has 4 nitrogen and oxygen atoms in total. The van der Waals surface area contributed by atoms with E-state index in [1.807, 2.05) is 6.20 Å². The molecule has 1 atom stereocenters.